The summed E-state index contributed by atoms with van der Waals surface area (Å²) < 4.78 is 5.14. The van der Waals surface area contributed by atoms with E-state index in [1.165, 1.54) is 13.3 Å². The third kappa shape index (κ3) is 5.93. The third-order valence-corrected chi connectivity index (χ3v) is 5.49. The first kappa shape index (κ1) is 23.4. The van der Waals surface area contributed by atoms with E-state index < -0.39 is 23.3 Å². The van der Waals surface area contributed by atoms with Crippen LogP contribution in [0.5, 0.6) is 0 Å². The average Bonchev–Trinajstić information content (AvgIpc) is 3.29. The number of nitrogens with zero attached hydrogens (tertiary/aromatic N) is 2. The van der Waals surface area contributed by atoms with Gasteiger partial charge in [0.25, 0.3) is 5.91 Å². The fraction of sp³-hybridized carbons (Fsp3) is 0.304. The molecule has 1 amide bonds. The highest BCUT2D eigenvalue weighted by atomic mass is 35.5. The fourth-order valence-corrected chi connectivity index (χ4v) is 3.79. The van der Waals surface area contributed by atoms with E-state index in [1.807, 2.05) is 48.5 Å². The van der Waals surface area contributed by atoms with Crippen molar-refractivity contribution in [2.24, 2.45) is 5.41 Å². The maximum atomic E-state index is 12.6. The van der Waals surface area contributed by atoms with Crippen LogP contribution >= 0.6 is 11.6 Å². The van der Waals surface area contributed by atoms with Crippen LogP contribution in [0.1, 0.15) is 29.4 Å². The number of hydrogen-bond acceptors (Lipinski definition) is 5. The minimum Gasteiger partial charge on any atom is -0.481 e. The Morgan fingerprint density at radius 1 is 1.22 bits per heavy atom. The normalized spacial score (nSPS) is 13.8. The van der Waals surface area contributed by atoms with E-state index in [2.05, 4.69) is 20.7 Å². The highest BCUT2D eigenvalue weighted by molar-refractivity contribution is 6.30. The molecule has 3 rings (SSSR count). The van der Waals surface area contributed by atoms with Gasteiger partial charge in [0, 0.05) is 18.2 Å². The molecule has 3 aromatic rings. The van der Waals surface area contributed by atoms with E-state index in [9.17, 15) is 14.7 Å². The van der Waals surface area contributed by atoms with Gasteiger partial charge >= 0.3 is 5.97 Å². The number of aromatic amines is 1. The predicted octanol–water partition coefficient (Wildman–Crippen LogP) is 3.59. The molecule has 0 spiro atoms. The molecule has 1 aromatic heterocycles. The van der Waals surface area contributed by atoms with Crippen LogP contribution in [0.2, 0.25) is 5.02 Å². The second-order valence-corrected chi connectivity index (χ2v) is 8.38. The summed E-state index contributed by atoms with van der Waals surface area (Å²) in [5.41, 5.74) is 1.92. The van der Waals surface area contributed by atoms with Crippen LogP contribution in [0.25, 0.3) is 11.1 Å². The molecule has 2 aromatic carbocycles. The Morgan fingerprint density at radius 3 is 2.56 bits per heavy atom. The summed E-state index contributed by atoms with van der Waals surface area (Å²) in [5.74, 6) is -1.42. The van der Waals surface area contributed by atoms with Crippen molar-refractivity contribution in [3.05, 3.63) is 71.0 Å². The lowest BCUT2D eigenvalue weighted by atomic mass is 9.82. The number of aliphatic carboxylic acids is 1. The lowest BCUT2D eigenvalue weighted by molar-refractivity contribution is -0.152. The van der Waals surface area contributed by atoms with Crippen molar-refractivity contribution in [2.45, 2.75) is 25.8 Å². The lowest BCUT2D eigenvalue weighted by Crippen LogP contribution is -2.44. The SMILES string of the molecule is COCC(C)(C[C@@H](Cc1ccc(-c2cccc(Cl)c2)cc1)NC(=O)c1c[nH]nn1)C(=O)O. The van der Waals surface area contributed by atoms with Gasteiger partial charge in [-0.3, -0.25) is 14.7 Å². The molecule has 1 heterocycles. The van der Waals surface area contributed by atoms with Crippen molar-refractivity contribution < 1.29 is 19.4 Å². The maximum Gasteiger partial charge on any atom is 0.311 e. The number of carboxylic acid groups (broad SMARTS) is 1. The van der Waals surface area contributed by atoms with Crippen molar-refractivity contribution >= 4 is 23.5 Å². The van der Waals surface area contributed by atoms with Crippen LogP contribution < -0.4 is 5.32 Å². The average molecular weight is 457 g/mol. The Balaban J connectivity index is 1.81. The summed E-state index contributed by atoms with van der Waals surface area (Å²) in [6.45, 7) is 1.63. The van der Waals surface area contributed by atoms with Gasteiger partial charge in [-0.15, -0.1) is 5.10 Å². The first-order valence-corrected chi connectivity index (χ1v) is 10.4. The second kappa shape index (κ2) is 10.4. The van der Waals surface area contributed by atoms with Gasteiger partial charge in [-0.05, 0) is 48.6 Å². The molecule has 3 N–H and O–H groups in total. The second-order valence-electron chi connectivity index (χ2n) is 7.94. The van der Waals surface area contributed by atoms with Gasteiger partial charge in [-0.25, -0.2) is 0 Å². The summed E-state index contributed by atoms with van der Waals surface area (Å²) in [5, 5.41) is 23.1. The van der Waals surface area contributed by atoms with E-state index in [0.29, 0.717) is 11.4 Å². The molecule has 0 aliphatic rings. The Labute approximate surface area is 190 Å². The highest BCUT2D eigenvalue weighted by Gasteiger charge is 2.36. The molecule has 9 heteroatoms. The summed E-state index contributed by atoms with van der Waals surface area (Å²) in [7, 11) is 1.46. The predicted molar refractivity (Wildman–Crippen MR) is 120 cm³/mol. The highest BCUT2D eigenvalue weighted by Crippen LogP contribution is 2.27. The van der Waals surface area contributed by atoms with Crippen LogP contribution in [-0.4, -0.2) is 52.2 Å². The number of H-pyrrole nitrogens is 1. The molecule has 0 saturated heterocycles. The van der Waals surface area contributed by atoms with Crippen molar-refractivity contribution in [1.82, 2.24) is 20.7 Å². The molecule has 1 unspecified atom stereocenters. The van der Waals surface area contributed by atoms with Gasteiger partial charge in [0.2, 0.25) is 0 Å². The number of carbonyl (C=O) groups is 2. The largest absolute Gasteiger partial charge is 0.481 e. The number of carbonyl (C=O) groups excluding carboxylic acids is 1. The zero-order chi connectivity index (χ0) is 23.1. The van der Waals surface area contributed by atoms with Crippen LogP contribution in [0.4, 0.5) is 0 Å². The number of carboxylic acids is 1. The third-order valence-electron chi connectivity index (χ3n) is 5.25. The van der Waals surface area contributed by atoms with Gasteiger partial charge in [0.05, 0.1) is 18.2 Å². The van der Waals surface area contributed by atoms with Crippen LogP contribution in [0, 0.1) is 5.41 Å². The van der Waals surface area contributed by atoms with Crippen molar-refractivity contribution in [3.8, 4) is 11.1 Å². The minimum atomic E-state index is -1.17. The Hall–Kier alpha value is -3.23. The Bertz CT molecular complexity index is 1060. The first-order valence-electron chi connectivity index (χ1n) is 10.1. The Kier molecular flexibility index (Phi) is 7.61. The van der Waals surface area contributed by atoms with Crippen molar-refractivity contribution in [1.29, 1.82) is 0 Å². The van der Waals surface area contributed by atoms with Crippen LogP contribution in [0.3, 0.4) is 0 Å². The molecule has 0 fully saturated rings. The summed E-state index contributed by atoms with van der Waals surface area (Å²) in [6.07, 6.45) is 2.00. The standard InChI is InChI=1S/C23H25ClN4O4/c1-23(14-32-2,22(30)31)12-19(26-21(29)20-13-25-28-27-20)10-15-6-8-16(9-7-15)17-4-3-5-18(24)11-17/h3-9,11,13,19H,10,12,14H2,1-2H3,(H,26,29)(H,30,31)(H,25,27,28)/t19-,23?/m1/s1. The zero-order valence-electron chi connectivity index (χ0n) is 17.8. The number of rotatable bonds is 10. The van der Waals surface area contributed by atoms with Crippen molar-refractivity contribution in [2.75, 3.05) is 13.7 Å². The molecule has 8 nitrogen and oxygen atoms in total. The monoisotopic (exact) mass is 456 g/mol. The Morgan fingerprint density at radius 2 is 1.97 bits per heavy atom. The number of methoxy groups -OCH3 is 1. The van der Waals surface area contributed by atoms with Crippen LogP contribution in [0.15, 0.2) is 54.7 Å². The summed E-state index contributed by atoms with van der Waals surface area (Å²) >= 11 is 6.09. The first-order chi connectivity index (χ1) is 15.3. The smallest absolute Gasteiger partial charge is 0.311 e. The number of nitrogens with one attached hydrogen (secondary N) is 2. The van der Waals surface area contributed by atoms with Crippen LogP contribution in [-0.2, 0) is 16.0 Å². The van der Waals surface area contributed by atoms with E-state index in [0.717, 1.165) is 16.7 Å². The quantitative estimate of drug-likeness (QED) is 0.429. The topological polar surface area (TPSA) is 117 Å². The molecule has 0 bridgehead atoms. The number of benzene rings is 2. The number of hydrogen-bond donors (Lipinski definition) is 3. The number of aromatic nitrogens is 3. The number of ether oxygens (including phenoxy) is 1. The maximum absolute atomic E-state index is 12.6. The fourth-order valence-electron chi connectivity index (χ4n) is 3.60. The molecular weight excluding hydrogens is 432 g/mol. The lowest BCUT2D eigenvalue weighted by Gasteiger charge is -2.29. The summed E-state index contributed by atoms with van der Waals surface area (Å²) in [4.78, 5) is 24.5. The van der Waals surface area contributed by atoms with E-state index in [4.69, 9.17) is 16.3 Å². The molecule has 2 atom stereocenters. The molecule has 0 radical (unpaired) electrons. The van der Waals surface area contributed by atoms with E-state index >= 15 is 0 Å². The molecule has 32 heavy (non-hydrogen) atoms. The zero-order valence-corrected chi connectivity index (χ0v) is 18.6. The van der Waals surface area contributed by atoms with Gasteiger partial charge in [0.1, 0.15) is 0 Å². The van der Waals surface area contributed by atoms with Crippen molar-refractivity contribution in [3.63, 3.8) is 0 Å². The van der Waals surface area contributed by atoms with E-state index in [1.54, 1.807) is 6.92 Å². The van der Waals surface area contributed by atoms with Gasteiger partial charge < -0.3 is 15.2 Å². The molecule has 0 aliphatic carbocycles. The van der Waals surface area contributed by atoms with Gasteiger partial charge in [-0.2, -0.15) is 0 Å². The number of amides is 1. The summed E-state index contributed by atoms with van der Waals surface area (Å²) in [6, 6.07) is 15.0. The van der Waals surface area contributed by atoms with Gasteiger partial charge in [-0.1, -0.05) is 53.2 Å². The molecule has 0 aliphatic heterocycles. The molecule has 0 saturated carbocycles. The molecule has 168 valence electrons. The van der Waals surface area contributed by atoms with Gasteiger partial charge in [0.15, 0.2) is 5.69 Å². The van der Waals surface area contributed by atoms with E-state index in [-0.39, 0.29) is 18.7 Å². The minimum absolute atomic E-state index is 0.0202. The number of halogens is 1. The molecular formula is C23H25ClN4O4.